The standard InChI is InChI=1S/C14H13N5O2S/c1-9(14(20)21)22-13-11-12(15-8-16-13)19(18-17-11)7-10-5-3-2-4-6-10/h2-6,8-9H,7H2,1H3,(H,20,21)/t9-/m0/s1. The largest absolute Gasteiger partial charge is 0.480 e. The summed E-state index contributed by atoms with van der Waals surface area (Å²) >= 11 is 1.13. The number of carboxylic acid groups (broad SMARTS) is 1. The monoisotopic (exact) mass is 315 g/mol. The topological polar surface area (TPSA) is 93.8 Å². The highest BCUT2D eigenvalue weighted by Crippen LogP contribution is 2.26. The van der Waals surface area contributed by atoms with Gasteiger partial charge in [0.2, 0.25) is 0 Å². The van der Waals surface area contributed by atoms with Crippen LogP contribution in [0.2, 0.25) is 0 Å². The molecule has 2 heterocycles. The number of carboxylic acids is 1. The molecule has 0 bridgehead atoms. The van der Waals surface area contributed by atoms with Crippen LogP contribution >= 0.6 is 11.8 Å². The van der Waals surface area contributed by atoms with E-state index in [1.54, 1.807) is 11.6 Å². The molecular formula is C14H13N5O2S. The van der Waals surface area contributed by atoms with Crippen molar-refractivity contribution in [3.8, 4) is 0 Å². The van der Waals surface area contributed by atoms with Crippen LogP contribution in [0.1, 0.15) is 12.5 Å². The number of rotatable bonds is 5. The first-order valence-corrected chi connectivity index (χ1v) is 7.50. The minimum atomic E-state index is -0.895. The molecule has 1 N–H and O–H groups in total. The van der Waals surface area contributed by atoms with Crippen molar-refractivity contribution in [2.24, 2.45) is 0 Å². The number of hydrogen-bond acceptors (Lipinski definition) is 6. The molecule has 0 aliphatic rings. The Morgan fingerprint density at radius 3 is 2.82 bits per heavy atom. The first-order valence-electron chi connectivity index (χ1n) is 6.62. The second kappa shape index (κ2) is 6.10. The van der Waals surface area contributed by atoms with Crippen LogP contribution in [0.15, 0.2) is 41.7 Å². The molecule has 0 radical (unpaired) electrons. The Labute approximate surface area is 130 Å². The molecule has 7 nitrogen and oxygen atoms in total. The van der Waals surface area contributed by atoms with Crippen LogP contribution in [0.4, 0.5) is 0 Å². The highest BCUT2D eigenvalue weighted by Gasteiger charge is 2.18. The minimum Gasteiger partial charge on any atom is -0.480 e. The van der Waals surface area contributed by atoms with Crippen molar-refractivity contribution >= 4 is 28.9 Å². The summed E-state index contributed by atoms with van der Waals surface area (Å²) in [6, 6.07) is 9.86. The molecule has 0 saturated heterocycles. The van der Waals surface area contributed by atoms with Crippen molar-refractivity contribution in [2.45, 2.75) is 23.7 Å². The number of fused-ring (bicyclic) bond motifs is 1. The smallest absolute Gasteiger partial charge is 0.316 e. The van der Waals surface area contributed by atoms with Gasteiger partial charge >= 0.3 is 5.97 Å². The summed E-state index contributed by atoms with van der Waals surface area (Å²) in [7, 11) is 0. The van der Waals surface area contributed by atoms with Crippen molar-refractivity contribution < 1.29 is 9.90 Å². The van der Waals surface area contributed by atoms with Gasteiger partial charge in [0.25, 0.3) is 0 Å². The van der Waals surface area contributed by atoms with Crippen molar-refractivity contribution in [3.63, 3.8) is 0 Å². The molecule has 0 unspecified atom stereocenters. The zero-order valence-corrected chi connectivity index (χ0v) is 12.6. The maximum atomic E-state index is 11.0. The predicted molar refractivity (Wildman–Crippen MR) is 81.6 cm³/mol. The SMILES string of the molecule is C[C@H](Sc1ncnc2c1nnn2Cc1ccccc1)C(=O)O. The average molecular weight is 315 g/mol. The van der Waals surface area contributed by atoms with Gasteiger partial charge in [-0.15, -0.1) is 5.10 Å². The average Bonchev–Trinajstić information content (AvgIpc) is 2.92. The second-order valence-electron chi connectivity index (χ2n) is 4.68. The summed E-state index contributed by atoms with van der Waals surface area (Å²) in [4.78, 5) is 19.3. The van der Waals surface area contributed by atoms with Gasteiger partial charge in [-0.1, -0.05) is 47.3 Å². The maximum Gasteiger partial charge on any atom is 0.316 e. The van der Waals surface area contributed by atoms with E-state index in [4.69, 9.17) is 5.11 Å². The van der Waals surface area contributed by atoms with E-state index in [0.717, 1.165) is 17.3 Å². The molecule has 0 saturated carbocycles. The molecule has 3 aromatic rings. The van der Waals surface area contributed by atoms with Crippen LogP contribution in [-0.4, -0.2) is 41.3 Å². The Kier molecular flexibility index (Phi) is 4.01. The molecule has 0 spiro atoms. The number of benzene rings is 1. The lowest BCUT2D eigenvalue weighted by atomic mass is 10.2. The number of aromatic nitrogens is 5. The molecule has 0 aliphatic heterocycles. The van der Waals surface area contributed by atoms with Crippen molar-refractivity contribution in [3.05, 3.63) is 42.2 Å². The van der Waals surface area contributed by atoms with Crippen LogP contribution in [0, 0.1) is 0 Å². The van der Waals surface area contributed by atoms with Gasteiger partial charge in [0.15, 0.2) is 11.2 Å². The van der Waals surface area contributed by atoms with E-state index in [1.165, 1.54) is 6.33 Å². The Hall–Kier alpha value is -2.48. The Morgan fingerprint density at radius 1 is 1.32 bits per heavy atom. The number of nitrogens with zero attached hydrogens (tertiary/aromatic N) is 5. The third-order valence-corrected chi connectivity index (χ3v) is 4.16. The third kappa shape index (κ3) is 2.91. The van der Waals surface area contributed by atoms with Gasteiger partial charge in [0.05, 0.1) is 6.54 Å². The van der Waals surface area contributed by atoms with E-state index in [0.29, 0.717) is 22.7 Å². The highest BCUT2D eigenvalue weighted by molar-refractivity contribution is 8.00. The number of aliphatic carboxylic acids is 1. The van der Waals surface area contributed by atoms with Crippen LogP contribution in [0.25, 0.3) is 11.2 Å². The lowest BCUT2D eigenvalue weighted by Crippen LogP contribution is -2.11. The van der Waals surface area contributed by atoms with E-state index in [2.05, 4.69) is 20.3 Å². The van der Waals surface area contributed by atoms with Gasteiger partial charge < -0.3 is 5.11 Å². The zero-order chi connectivity index (χ0) is 15.5. The summed E-state index contributed by atoms with van der Waals surface area (Å²) in [6.45, 7) is 2.16. The first kappa shape index (κ1) is 14.5. The minimum absolute atomic E-state index is 0.525. The second-order valence-corrected chi connectivity index (χ2v) is 6.01. The Morgan fingerprint density at radius 2 is 2.09 bits per heavy atom. The number of hydrogen-bond donors (Lipinski definition) is 1. The lowest BCUT2D eigenvalue weighted by molar-refractivity contribution is -0.136. The van der Waals surface area contributed by atoms with Gasteiger partial charge in [0, 0.05) is 0 Å². The molecule has 1 atom stereocenters. The van der Waals surface area contributed by atoms with E-state index in [-0.39, 0.29) is 0 Å². The van der Waals surface area contributed by atoms with Crippen LogP contribution in [0.5, 0.6) is 0 Å². The third-order valence-electron chi connectivity index (χ3n) is 3.08. The van der Waals surface area contributed by atoms with E-state index >= 15 is 0 Å². The van der Waals surface area contributed by atoms with E-state index in [1.807, 2.05) is 30.3 Å². The van der Waals surface area contributed by atoms with Crippen LogP contribution in [-0.2, 0) is 11.3 Å². The summed E-state index contributed by atoms with van der Waals surface area (Å²) in [5.74, 6) is -0.895. The van der Waals surface area contributed by atoms with Gasteiger partial charge in [-0.2, -0.15) is 0 Å². The van der Waals surface area contributed by atoms with Crippen LogP contribution < -0.4 is 0 Å². The molecule has 0 amide bonds. The van der Waals surface area contributed by atoms with E-state index in [9.17, 15) is 4.79 Å². The van der Waals surface area contributed by atoms with Gasteiger partial charge in [-0.3, -0.25) is 4.79 Å². The molecule has 1 aromatic carbocycles. The summed E-state index contributed by atoms with van der Waals surface area (Å²) in [5.41, 5.74) is 2.21. The molecule has 8 heteroatoms. The molecule has 0 fully saturated rings. The molecule has 22 heavy (non-hydrogen) atoms. The maximum absolute atomic E-state index is 11.0. The Balaban J connectivity index is 1.93. The molecule has 0 aliphatic carbocycles. The first-order chi connectivity index (χ1) is 10.6. The number of carbonyl (C=O) groups is 1. The highest BCUT2D eigenvalue weighted by atomic mass is 32.2. The van der Waals surface area contributed by atoms with Crippen LogP contribution in [0.3, 0.4) is 0 Å². The fraction of sp³-hybridized carbons (Fsp3) is 0.214. The van der Waals surface area contributed by atoms with Crippen molar-refractivity contribution in [1.29, 1.82) is 0 Å². The van der Waals surface area contributed by atoms with Gasteiger partial charge in [-0.05, 0) is 12.5 Å². The fourth-order valence-corrected chi connectivity index (χ4v) is 2.73. The van der Waals surface area contributed by atoms with Crippen molar-refractivity contribution in [2.75, 3.05) is 0 Å². The summed E-state index contributed by atoms with van der Waals surface area (Å²) in [5, 5.41) is 17.1. The molecule has 2 aromatic heterocycles. The normalized spacial score (nSPS) is 12.4. The molecule has 3 rings (SSSR count). The molecule has 112 valence electrons. The molecular weight excluding hydrogens is 302 g/mol. The van der Waals surface area contributed by atoms with Gasteiger partial charge in [-0.25, -0.2) is 14.6 Å². The van der Waals surface area contributed by atoms with Crippen molar-refractivity contribution in [1.82, 2.24) is 25.0 Å². The fourth-order valence-electron chi connectivity index (χ4n) is 1.94. The van der Waals surface area contributed by atoms with Gasteiger partial charge in [0.1, 0.15) is 16.6 Å². The number of thioether (sulfide) groups is 1. The van der Waals surface area contributed by atoms with E-state index < -0.39 is 11.2 Å². The zero-order valence-electron chi connectivity index (χ0n) is 11.7. The Bertz CT molecular complexity index is 805. The lowest BCUT2D eigenvalue weighted by Gasteiger charge is -2.05. The summed E-state index contributed by atoms with van der Waals surface area (Å²) in [6.07, 6.45) is 1.41. The summed E-state index contributed by atoms with van der Waals surface area (Å²) < 4.78 is 1.68. The quantitative estimate of drug-likeness (QED) is 0.567. The predicted octanol–water partition coefficient (Wildman–Crippen LogP) is 1.83.